The number of hydrogen-bond acceptors (Lipinski definition) is 6. The van der Waals surface area contributed by atoms with Crippen LogP contribution in [-0.4, -0.2) is 67.7 Å². The Morgan fingerprint density at radius 1 is 0.667 bits per heavy atom. The highest BCUT2D eigenvalue weighted by Gasteiger charge is 2.05. The van der Waals surface area contributed by atoms with Crippen LogP contribution in [-0.2, 0) is 19.2 Å². The maximum absolute atomic E-state index is 10.1. The van der Waals surface area contributed by atoms with Gasteiger partial charge in [0.05, 0.1) is 13.2 Å². The van der Waals surface area contributed by atoms with Crippen molar-refractivity contribution in [3.8, 4) is 0 Å². The molecule has 0 aliphatic carbocycles. The second kappa shape index (κ2) is 16.6. The maximum Gasteiger partial charge on any atom is 0.331 e. The molecule has 6 N–H and O–H groups in total. The molecule has 0 aromatic carbocycles. The molecule has 0 spiro atoms. The number of aliphatic hydroxyl groups is 2. The first kappa shape index (κ1) is 26.2. The van der Waals surface area contributed by atoms with E-state index in [0.29, 0.717) is 12.2 Å². The second-order valence-electron chi connectivity index (χ2n) is 3.78. The van der Waals surface area contributed by atoms with Crippen molar-refractivity contribution in [3.63, 3.8) is 0 Å². The van der Waals surface area contributed by atoms with Crippen molar-refractivity contribution in [2.75, 3.05) is 13.2 Å². The van der Waals surface area contributed by atoms with Crippen molar-refractivity contribution in [1.29, 1.82) is 0 Å². The van der Waals surface area contributed by atoms with Gasteiger partial charge in [-0.05, 0) is 12.8 Å². The zero-order chi connectivity index (χ0) is 19.7. The number of hydrogen-bond donors (Lipinski definition) is 6. The van der Waals surface area contributed by atoms with Gasteiger partial charge in [0.1, 0.15) is 0 Å². The van der Waals surface area contributed by atoms with E-state index in [1.165, 1.54) is 0 Å². The normalized spacial score (nSPS) is 10.5. The minimum Gasteiger partial charge on any atom is -0.478 e. The van der Waals surface area contributed by atoms with Crippen LogP contribution in [0, 0.1) is 0 Å². The van der Waals surface area contributed by atoms with Crippen LogP contribution in [0.25, 0.3) is 0 Å². The van der Waals surface area contributed by atoms with Gasteiger partial charge in [-0.25, -0.2) is 19.2 Å². The van der Waals surface area contributed by atoms with Gasteiger partial charge in [-0.3, -0.25) is 0 Å². The summed E-state index contributed by atoms with van der Waals surface area (Å²) < 4.78 is 0. The SMILES string of the molecule is CCC(=CC(=O)O)C(=O)O.CCC(=CC(=O)O)C(=O)O.OCCO. The number of carbonyl (C=O) groups is 4. The van der Waals surface area contributed by atoms with Gasteiger partial charge in [0, 0.05) is 23.3 Å². The standard InChI is InChI=1S/2C6H8O4.C2H6O2/c2*1-2-4(6(9)10)3-5(7)8;3-1-2-4/h2*3H,2H2,1H3,(H,7,8)(H,9,10);3-4H,1-2H2. The number of aliphatic carboxylic acids is 4. The van der Waals surface area contributed by atoms with Crippen LogP contribution in [0.5, 0.6) is 0 Å². The van der Waals surface area contributed by atoms with E-state index in [-0.39, 0.29) is 37.2 Å². The van der Waals surface area contributed by atoms with E-state index in [4.69, 9.17) is 30.6 Å². The minimum atomic E-state index is -1.22. The van der Waals surface area contributed by atoms with Crippen LogP contribution in [0.1, 0.15) is 26.7 Å². The van der Waals surface area contributed by atoms with E-state index in [1.54, 1.807) is 13.8 Å². The number of rotatable bonds is 7. The zero-order valence-electron chi connectivity index (χ0n) is 13.3. The third kappa shape index (κ3) is 19.3. The summed E-state index contributed by atoms with van der Waals surface area (Å²) in [4.78, 5) is 40.1. The molecule has 10 nitrogen and oxygen atoms in total. The van der Waals surface area contributed by atoms with Crippen molar-refractivity contribution < 1.29 is 49.8 Å². The first-order valence-electron chi connectivity index (χ1n) is 6.62. The summed E-state index contributed by atoms with van der Waals surface area (Å²) in [5, 5.41) is 48.1. The highest BCUT2D eigenvalue weighted by molar-refractivity contribution is 5.95. The fourth-order valence-electron chi connectivity index (χ4n) is 0.928. The summed E-state index contributed by atoms with van der Waals surface area (Å²) in [5.41, 5.74) is -0.181. The molecule has 0 unspecified atom stereocenters. The van der Waals surface area contributed by atoms with Gasteiger partial charge in [-0.15, -0.1) is 0 Å². The van der Waals surface area contributed by atoms with Crippen molar-refractivity contribution in [1.82, 2.24) is 0 Å². The lowest BCUT2D eigenvalue weighted by atomic mass is 10.2. The van der Waals surface area contributed by atoms with E-state index < -0.39 is 23.9 Å². The summed E-state index contributed by atoms with van der Waals surface area (Å²) in [6.45, 7) is 2.92. The largest absolute Gasteiger partial charge is 0.478 e. The Kier molecular flexibility index (Phi) is 18.2. The van der Waals surface area contributed by atoms with E-state index in [9.17, 15) is 19.2 Å². The number of aliphatic hydroxyl groups excluding tert-OH is 2. The summed E-state index contributed by atoms with van der Waals surface area (Å²) in [6, 6.07) is 0. The van der Waals surface area contributed by atoms with Crippen molar-refractivity contribution in [2.24, 2.45) is 0 Å². The first-order valence-corrected chi connectivity index (χ1v) is 6.62. The number of carboxylic acid groups (broad SMARTS) is 4. The molecule has 0 saturated heterocycles. The van der Waals surface area contributed by atoms with Crippen molar-refractivity contribution >= 4 is 23.9 Å². The fraction of sp³-hybridized carbons (Fsp3) is 0.429. The van der Waals surface area contributed by atoms with E-state index in [2.05, 4.69) is 0 Å². The first-order chi connectivity index (χ1) is 11.1. The van der Waals surface area contributed by atoms with Crippen LogP contribution in [0.15, 0.2) is 23.3 Å². The molecule has 138 valence electrons. The molecule has 0 bridgehead atoms. The Balaban J connectivity index is -0.000000301. The predicted octanol–water partition coefficient (Wildman–Crippen LogP) is -0.0450. The smallest absolute Gasteiger partial charge is 0.331 e. The van der Waals surface area contributed by atoms with Crippen molar-refractivity contribution in [3.05, 3.63) is 23.3 Å². The summed E-state index contributed by atoms with van der Waals surface area (Å²) in [5.74, 6) is -4.80. The van der Waals surface area contributed by atoms with Crippen molar-refractivity contribution in [2.45, 2.75) is 26.7 Å². The van der Waals surface area contributed by atoms with Gasteiger partial charge >= 0.3 is 23.9 Å². The van der Waals surface area contributed by atoms with Gasteiger partial charge in [-0.2, -0.15) is 0 Å². The van der Waals surface area contributed by atoms with Gasteiger partial charge < -0.3 is 30.6 Å². The summed E-state index contributed by atoms with van der Waals surface area (Å²) in [6.07, 6.45) is 1.84. The molecule has 0 atom stereocenters. The lowest BCUT2D eigenvalue weighted by molar-refractivity contribution is -0.135. The molecule has 24 heavy (non-hydrogen) atoms. The molecule has 10 heteroatoms. The predicted molar refractivity (Wildman–Crippen MR) is 81.5 cm³/mol. The molecule has 0 aromatic heterocycles. The van der Waals surface area contributed by atoms with Gasteiger partial charge in [-0.1, -0.05) is 13.8 Å². The topological polar surface area (TPSA) is 190 Å². The molecular weight excluding hydrogens is 328 g/mol. The molecular formula is C14H22O10. The monoisotopic (exact) mass is 350 g/mol. The Bertz CT molecular complexity index is 432. The molecule has 0 aliphatic rings. The van der Waals surface area contributed by atoms with Gasteiger partial charge in [0.2, 0.25) is 0 Å². The number of carboxylic acids is 4. The highest BCUT2D eigenvalue weighted by Crippen LogP contribution is 1.99. The second-order valence-corrected chi connectivity index (χ2v) is 3.78. The van der Waals surface area contributed by atoms with Gasteiger partial charge in [0.15, 0.2) is 0 Å². The maximum atomic E-state index is 10.1. The molecule has 0 aromatic rings. The van der Waals surface area contributed by atoms with E-state index in [0.717, 1.165) is 0 Å². The fourth-order valence-corrected chi connectivity index (χ4v) is 0.928. The average Bonchev–Trinajstić information content (AvgIpc) is 2.50. The quantitative estimate of drug-likeness (QED) is 0.339. The average molecular weight is 350 g/mol. The minimum absolute atomic E-state index is 0.0903. The van der Waals surface area contributed by atoms with Crippen LogP contribution in [0.2, 0.25) is 0 Å². The highest BCUT2D eigenvalue weighted by atomic mass is 16.4. The van der Waals surface area contributed by atoms with Gasteiger partial charge in [0.25, 0.3) is 0 Å². The molecule has 0 rings (SSSR count). The van der Waals surface area contributed by atoms with Crippen LogP contribution >= 0.6 is 0 Å². The lowest BCUT2D eigenvalue weighted by Gasteiger charge is -1.92. The zero-order valence-corrected chi connectivity index (χ0v) is 13.3. The Morgan fingerprint density at radius 2 is 0.917 bits per heavy atom. The lowest BCUT2D eigenvalue weighted by Crippen LogP contribution is -2.02. The molecule has 0 amide bonds. The Labute approximate surface area is 138 Å². The molecule has 0 fully saturated rings. The summed E-state index contributed by atoms with van der Waals surface area (Å²) >= 11 is 0. The molecule has 0 radical (unpaired) electrons. The van der Waals surface area contributed by atoms with Crippen LogP contribution in [0.4, 0.5) is 0 Å². The van der Waals surface area contributed by atoms with E-state index >= 15 is 0 Å². The third-order valence-corrected chi connectivity index (χ3v) is 2.01. The molecule has 0 heterocycles. The Morgan fingerprint density at radius 3 is 0.958 bits per heavy atom. The third-order valence-electron chi connectivity index (χ3n) is 2.01. The van der Waals surface area contributed by atoms with Crippen LogP contribution in [0.3, 0.4) is 0 Å². The molecule has 0 aliphatic heterocycles. The van der Waals surface area contributed by atoms with Crippen LogP contribution < -0.4 is 0 Å². The Hall–Kier alpha value is -2.72. The summed E-state index contributed by atoms with van der Waals surface area (Å²) in [7, 11) is 0. The molecule has 0 saturated carbocycles. The van der Waals surface area contributed by atoms with E-state index in [1.807, 2.05) is 0 Å².